The zero-order valence-corrected chi connectivity index (χ0v) is 13.2. The SMILES string of the molecule is O=C(NCC1NCCc2cc(O)c(O)cc21)OCc1ccccc1. The van der Waals surface area contributed by atoms with Gasteiger partial charge in [-0.1, -0.05) is 30.3 Å². The number of nitrogens with one attached hydrogen (secondary N) is 2. The van der Waals surface area contributed by atoms with Gasteiger partial charge in [0, 0.05) is 6.54 Å². The van der Waals surface area contributed by atoms with Crippen molar-refractivity contribution >= 4 is 6.09 Å². The number of benzene rings is 2. The van der Waals surface area contributed by atoms with E-state index in [-0.39, 0.29) is 24.1 Å². The first kappa shape index (κ1) is 16.1. The second kappa shape index (κ2) is 7.23. The van der Waals surface area contributed by atoms with Crippen LogP contribution in [0.5, 0.6) is 11.5 Å². The molecule has 1 amide bonds. The lowest BCUT2D eigenvalue weighted by molar-refractivity contribution is 0.138. The maximum atomic E-state index is 11.8. The van der Waals surface area contributed by atoms with E-state index in [1.165, 1.54) is 0 Å². The predicted octanol–water partition coefficient (Wildman–Crippen LogP) is 2.21. The molecule has 0 radical (unpaired) electrons. The molecule has 0 aliphatic carbocycles. The minimum atomic E-state index is -0.490. The lowest BCUT2D eigenvalue weighted by Gasteiger charge is -2.27. The summed E-state index contributed by atoms with van der Waals surface area (Å²) < 4.78 is 5.18. The Morgan fingerprint density at radius 3 is 2.75 bits per heavy atom. The maximum Gasteiger partial charge on any atom is 0.407 e. The molecule has 1 unspecified atom stereocenters. The summed E-state index contributed by atoms with van der Waals surface area (Å²) in [4.78, 5) is 11.8. The number of carbonyl (C=O) groups is 1. The summed E-state index contributed by atoms with van der Waals surface area (Å²) >= 11 is 0. The minimum Gasteiger partial charge on any atom is -0.504 e. The average molecular weight is 328 g/mol. The molecule has 126 valence electrons. The quantitative estimate of drug-likeness (QED) is 0.646. The Morgan fingerprint density at radius 2 is 1.96 bits per heavy atom. The lowest BCUT2D eigenvalue weighted by atomic mass is 9.93. The van der Waals surface area contributed by atoms with Crippen LogP contribution in [0.2, 0.25) is 0 Å². The number of amides is 1. The second-order valence-electron chi connectivity index (χ2n) is 5.74. The van der Waals surface area contributed by atoms with Crippen LogP contribution in [-0.4, -0.2) is 29.4 Å². The second-order valence-corrected chi connectivity index (χ2v) is 5.74. The van der Waals surface area contributed by atoms with Crippen molar-refractivity contribution < 1.29 is 19.7 Å². The Balaban J connectivity index is 1.56. The van der Waals surface area contributed by atoms with Crippen molar-refractivity contribution in [3.05, 3.63) is 59.2 Å². The van der Waals surface area contributed by atoms with E-state index >= 15 is 0 Å². The molecule has 1 atom stereocenters. The van der Waals surface area contributed by atoms with E-state index in [4.69, 9.17) is 4.74 Å². The van der Waals surface area contributed by atoms with Gasteiger partial charge in [0.2, 0.25) is 0 Å². The van der Waals surface area contributed by atoms with Gasteiger partial charge in [0.15, 0.2) is 11.5 Å². The number of fused-ring (bicyclic) bond motifs is 1. The third-order valence-corrected chi connectivity index (χ3v) is 4.06. The largest absolute Gasteiger partial charge is 0.504 e. The Morgan fingerprint density at radius 1 is 1.21 bits per heavy atom. The normalized spacial score (nSPS) is 16.2. The Kier molecular flexibility index (Phi) is 4.86. The third kappa shape index (κ3) is 3.78. The number of hydrogen-bond acceptors (Lipinski definition) is 5. The van der Waals surface area contributed by atoms with Crippen molar-refractivity contribution in [2.24, 2.45) is 0 Å². The van der Waals surface area contributed by atoms with Crippen molar-refractivity contribution in [3.63, 3.8) is 0 Å². The van der Waals surface area contributed by atoms with Gasteiger partial charge in [-0.05, 0) is 41.8 Å². The molecule has 0 saturated carbocycles. The summed E-state index contributed by atoms with van der Waals surface area (Å²) in [6, 6.07) is 12.4. The summed E-state index contributed by atoms with van der Waals surface area (Å²) in [6.45, 7) is 1.30. The van der Waals surface area contributed by atoms with E-state index in [9.17, 15) is 15.0 Å². The molecule has 3 rings (SSSR count). The van der Waals surface area contributed by atoms with Crippen molar-refractivity contribution in [1.82, 2.24) is 10.6 Å². The topological polar surface area (TPSA) is 90.8 Å². The molecule has 1 aliphatic rings. The van der Waals surface area contributed by atoms with Gasteiger partial charge >= 0.3 is 6.09 Å². The minimum absolute atomic E-state index is 0.121. The van der Waals surface area contributed by atoms with Crippen LogP contribution in [0.4, 0.5) is 4.79 Å². The Hall–Kier alpha value is -2.73. The van der Waals surface area contributed by atoms with Crippen molar-refractivity contribution in [2.75, 3.05) is 13.1 Å². The molecule has 4 N–H and O–H groups in total. The highest BCUT2D eigenvalue weighted by atomic mass is 16.5. The van der Waals surface area contributed by atoms with Crippen LogP contribution in [0.25, 0.3) is 0 Å². The molecule has 1 heterocycles. The average Bonchev–Trinajstić information content (AvgIpc) is 2.60. The summed E-state index contributed by atoms with van der Waals surface area (Å²) in [5.74, 6) is -0.279. The first-order valence-electron chi connectivity index (χ1n) is 7.86. The van der Waals surface area contributed by atoms with Crippen LogP contribution in [0.1, 0.15) is 22.7 Å². The lowest BCUT2D eigenvalue weighted by Crippen LogP contribution is -2.39. The summed E-state index contributed by atoms with van der Waals surface area (Å²) in [6.07, 6.45) is 0.272. The fraction of sp³-hybridized carbons (Fsp3) is 0.278. The number of aromatic hydroxyl groups is 2. The van der Waals surface area contributed by atoms with Crippen LogP contribution in [0.15, 0.2) is 42.5 Å². The van der Waals surface area contributed by atoms with Gasteiger partial charge in [-0.25, -0.2) is 4.79 Å². The number of phenolic OH excluding ortho intramolecular Hbond substituents is 2. The predicted molar refractivity (Wildman–Crippen MR) is 88.8 cm³/mol. The highest BCUT2D eigenvalue weighted by molar-refractivity contribution is 5.67. The van der Waals surface area contributed by atoms with Gasteiger partial charge < -0.3 is 25.6 Å². The highest BCUT2D eigenvalue weighted by Gasteiger charge is 2.22. The van der Waals surface area contributed by atoms with Crippen LogP contribution in [-0.2, 0) is 17.8 Å². The van der Waals surface area contributed by atoms with E-state index < -0.39 is 6.09 Å². The number of phenols is 2. The van der Waals surface area contributed by atoms with Crippen LogP contribution in [0, 0.1) is 0 Å². The number of alkyl carbamates (subject to hydrolysis) is 1. The molecule has 0 spiro atoms. The number of carbonyl (C=O) groups excluding carboxylic acids is 1. The summed E-state index contributed by atoms with van der Waals surface area (Å²) in [5.41, 5.74) is 2.77. The fourth-order valence-corrected chi connectivity index (χ4v) is 2.81. The molecule has 1 aliphatic heterocycles. The van der Waals surface area contributed by atoms with E-state index in [0.29, 0.717) is 6.54 Å². The molecule has 6 nitrogen and oxygen atoms in total. The maximum absolute atomic E-state index is 11.8. The van der Waals surface area contributed by atoms with Crippen molar-refractivity contribution in [3.8, 4) is 11.5 Å². The molecular weight excluding hydrogens is 308 g/mol. The third-order valence-electron chi connectivity index (χ3n) is 4.06. The highest BCUT2D eigenvalue weighted by Crippen LogP contribution is 2.33. The Bertz CT molecular complexity index is 718. The van der Waals surface area contributed by atoms with Gasteiger partial charge in [0.05, 0.1) is 6.04 Å². The number of ether oxygens (including phenoxy) is 1. The number of hydrogen-bond donors (Lipinski definition) is 4. The number of rotatable bonds is 4. The first-order chi connectivity index (χ1) is 11.6. The van der Waals surface area contributed by atoms with E-state index in [1.807, 2.05) is 30.3 Å². The van der Waals surface area contributed by atoms with Crippen LogP contribution < -0.4 is 10.6 Å². The van der Waals surface area contributed by atoms with E-state index in [1.54, 1.807) is 12.1 Å². The summed E-state index contributed by atoms with van der Waals surface area (Å²) in [5, 5.41) is 25.3. The molecule has 2 aromatic carbocycles. The van der Waals surface area contributed by atoms with E-state index in [2.05, 4.69) is 10.6 Å². The molecule has 2 aromatic rings. The zero-order chi connectivity index (χ0) is 16.9. The zero-order valence-electron chi connectivity index (χ0n) is 13.2. The van der Waals surface area contributed by atoms with E-state index in [0.717, 1.165) is 29.7 Å². The van der Waals surface area contributed by atoms with Gasteiger partial charge in [0.25, 0.3) is 0 Å². The first-order valence-corrected chi connectivity index (χ1v) is 7.86. The Labute approximate surface area is 140 Å². The molecule has 6 heteroatoms. The van der Waals surface area contributed by atoms with Gasteiger partial charge in [0.1, 0.15) is 6.61 Å². The molecular formula is C18H20N2O4. The van der Waals surface area contributed by atoms with Gasteiger partial charge in [-0.3, -0.25) is 0 Å². The fourth-order valence-electron chi connectivity index (χ4n) is 2.81. The molecule has 0 bridgehead atoms. The smallest absolute Gasteiger partial charge is 0.407 e. The molecule has 0 saturated heterocycles. The molecule has 0 aromatic heterocycles. The standard InChI is InChI=1S/C18H20N2O4/c21-16-8-13-6-7-19-15(14(13)9-17(16)22)10-20-18(23)24-11-12-4-2-1-3-5-12/h1-5,8-9,15,19,21-22H,6-7,10-11H2,(H,20,23). The monoisotopic (exact) mass is 328 g/mol. The van der Waals surface area contributed by atoms with Gasteiger partial charge in [-0.15, -0.1) is 0 Å². The van der Waals surface area contributed by atoms with Crippen molar-refractivity contribution in [1.29, 1.82) is 0 Å². The van der Waals surface area contributed by atoms with Crippen molar-refractivity contribution in [2.45, 2.75) is 19.1 Å². The van der Waals surface area contributed by atoms with Gasteiger partial charge in [-0.2, -0.15) is 0 Å². The van der Waals surface area contributed by atoms with Crippen LogP contribution >= 0.6 is 0 Å². The molecule has 0 fully saturated rings. The summed E-state index contributed by atoms with van der Waals surface area (Å²) in [7, 11) is 0. The van der Waals surface area contributed by atoms with Crippen LogP contribution in [0.3, 0.4) is 0 Å². The molecule has 24 heavy (non-hydrogen) atoms.